The highest BCUT2D eigenvalue weighted by Crippen LogP contribution is 2.34. The number of halogens is 3. The largest absolute Gasteiger partial charge is 0.573 e. The van der Waals surface area contributed by atoms with Gasteiger partial charge in [0.25, 0.3) is 0 Å². The number of hydrogen-bond acceptors (Lipinski definition) is 4. The average Bonchev–Trinajstić information content (AvgIpc) is 2.45. The van der Waals surface area contributed by atoms with Gasteiger partial charge in [-0.3, -0.25) is 9.78 Å². The van der Waals surface area contributed by atoms with Gasteiger partial charge >= 0.3 is 6.36 Å². The van der Waals surface area contributed by atoms with Crippen LogP contribution in [-0.4, -0.2) is 24.2 Å². The highest BCUT2D eigenvalue weighted by Gasteiger charge is 2.34. The zero-order valence-electron chi connectivity index (χ0n) is 10.8. The molecule has 4 nitrogen and oxygen atoms in total. The van der Waals surface area contributed by atoms with Crippen LogP contribution in [0, 0.1) is 0 Å². The maximum atomic E-state index is 12.4. The summed E-state index contributed by atoms with van der Waals surface area (Å²) in [5, 5.41) is 0. The Bertz CT molecular complexity index is 642. The molecule has 0 fully saturated rings. The van der Waals surface area contributed by atoms with E-state index in [4.69, 9.17) is 4.74 Å². The van der Waals surface area contributed by atoms with Gasteiger partial charge in [-0.2, -0.15) is 0 Å². The van der Waals surface area contributed by atoms with E-state index in [0.29, 0.717) is 0 Å². The third-order valence-electron chi connectivity index (χ3n) is 2.58. The van der Waals surface area contributed by atoms with Gasteiger partial charge in [-0.05, 0) is 24.3 Å². The Kier molecular flexibility index (Phi) is 4.11. The van der Waals surface area contributed by atoms with Gasteiger partial charge in [-0.15, -0.1) is 13.2 Å². The fourth-order valence-corrected chi connectivity index (χ4v) is 1.76. The van der Waals surface area contributed by atoms with Crippen molar-refractivity contribution in [3.63, 3.8) is 0 Å². The Labute approximate surface area is 118 Å². The normalized spacial score (nSPS) is 11.0. The van der Waals surface area contributed by atoms with E-state index >= 15 is 0 Å². The molecule has 0 amide bonds. The lowest BCUT2D eigenvalue weighted by Crippen LogP contribution is -2.19. The lowest BCUT2D eigenvalue weighted by Gasteiger charge is -2.15. The van der Waals surface area contributed by atoms with E-state index in [0.717, 1.165) is 6.07 Å². The summed E-state index contributed by atoms with van der Waals surface area (Å²) < 4.78 is 46.2. The van der Waals surface area contributed by atoms with Crippen molar-refractivity contribution < 1.29 is 27.4 Å². The standard InChI is InChI=1S/C14H10F3NO3/c1-20-10-5-2-6-11(21-14(15,16)17)12(10)13(19)9-4-3-7-18-8-9/h2-8H,1H3. The Hall–Kier alpha value is -2.57. The van der Waals surface area contributed by atoms with Crippen LogP contribution in [0.15, 0.2) is 42.7 Å². The van der Waals surface area contributed by atoms with E-state index in [1.54, 1.807) is 0 Å². The maximum absolute atomic E-state index is 12.4. The van der Waals surface area contributed by atoms with Gasteiger partial charge in [-0.25, -0.2) is 0 Å². The fraction of sp³-hybridized carbons (Fsp3) is 0.143. The number of alkyl halides is 3. The highest BCUT2D eigenvalue weighted by atomic mass is 19.4. The first-order valence-electron chi connectivity index (χ1n) is 5.80. The molecule has 0 bridgehead atoms. The molecule has 0 aliphatic heterocycles. The predicted molar refractivity (Wildman–Crippen MR) is 67.3 cm³/mol. The van der Waals surface area contributed by atoms with Crippen LogP contribution in [0.4, 0.5) is 13.2 Å². The number of hydrogen-bond donors (Lipinski definition) is 0. The molecule has 110 valence electrons. The van der Waals surface area contributed by atoms with Crippen molar-refractivity contribution in [1.82, 2.24) is 4.98 Å². The highest BCUT2D eigenvalue weighted by molar-refractivity contribution is 6.12. The molecular formula is C14H10F3NO3. The summed E-state index contributed by atoms with van der Waals surface area (Å²) in [5.41, 5.74) is -0.167. The van der Waals surface area contributed by atoms with Crippen LogP contribution in [0.2, 0.25) is 0 Å². The summed E-state index contributed by atoms with van der Waals surface area (Å²) in [4.78, 5) is 16.1. The van der Waals surface area contributed by atoms with Crippen LogP contribution in [0.3, 0.4) is 0 Å². The number of carbonyl (C=O) groups excluding carboxylic acids is 1. The smallest absolute Gasteiger partial charge is 0.496 e. The number of methoxy groups -OCH3 is 1. The van der Waals surface area contributed by atoms with Crippen molar-refractivity contribution in [2.24, 2.45) is 0 Å². The van der Waals surface area contributed by atoms with E-state index in [-0.39, 0.29) is 16.9 Å². The summed E-state index contributed by atoms with van der Waals surface area (Å²) in [5.74, 6) is -1.29. The lowest BCUT2D eigenvalue weighted by molar-refractivity contribution is -0.274. The Morgan fingerprint density at radius 2 is 1.86 bits per heavy atom. The van der Waals surface area contributed by atoms with Crippen LogP contribution in [0.1, 0.15) is 15.9 Å². The molecule has 0 aliphatic carbocycles. The molecule has 0 radical (unpaired) electrons. The molecule has 7 heteroatoms. The van der Waals surface area contributed by atoms with Crippen molar-refractivity contribution in [1.29, 1.82) is 0 Å². The molecule has 0 aliphatic rings. The molecule has 0 saturated carbocycles. The summed E-state index contributed by atoms with van der Waals surface area (Å²) in [6.45, 7) is 0. The molecule has 0 N–H and O–H groups in total. The van der Waals surface area contributed by atoms with Crippen molar-refractivity contribution in [3.8, 4) is 11.5 Å². The molecule has 1 heterocycles. The molecule has 1 aromatic heterocycles. The van der Waals surface area contributed by atoms with Crippen LogP contribution < -0.4 is 9.47 Å². The van der Waals surface area contributed by atoms with Crippen molar-refractivity contribution in [3.05, 3.63) is 53.9 Å². The number of ether oxygens (including phenoxy) is 2. The first kappa shape index (κ1) is 14.8. The van der Waals surface area contributed by atoms with Gasteiger partial charge in [0.1, 0.15) is 17.1 Å². The molecule has 21 heavy (non-hydrogen) atoms. The maximum Gasteiger partial charge on any atom is 0.573 e. The number of carbonyl (C=O) groups is 1. The molecule has 0 unspecified atom stereocenters. The van der Waals surface area contributed by atoms with Crippen molar-refractivity contribution >= 4 is 5.78 Å². The second kappa shape index (κ2) is 5.82. The van der Waals surface area contributed by atoms with E-state index in [1.807, 2.05) is 0 Å². The van der Waals surface area contributed by atoms with Crippen LogP contribution >= 0.6 is 0 Å². The SMILES string of the molecule is COc1cccc(OC(F)(F)F)c1C(=O)c1cccnc1. The number of rotatable bonds is 4. The van der Waals surface area contributed by atoms with Gasteiger partial charge in [-0.1, -0.05) is 6.07 Å². The topological polar surface area (TPSA) is 48.4 Å². The van der Waals surface area contributed by atoms with Gasteiger partial charge in [0.05, 0.1) is 7.11 Å². The monoisotopic (exact) mass is 297 g/mol. The predicted octanol–water partition coefficient (Wildman–Crippen LogP) is 3.22. The number of nitrogens with zero attached hydrogens (tertiary/aromatic N) is 1. The van der Waals surface area contributed by atoms with Crippen LogP contribution in [-0.2, 0) is 0 Å². The Morgan fingerprint density at radius 3 is 2.43 bits per heavy atom. The second-order valence-corrected chi connectivity index (χ2v) is 3.95. The zero-order valence-corrected chi connectivity index (χ0v) is 10.8. The van der Waals surface area contributed by atoms with E-state index < -0.39 is 17.9 Å². The average molecular weight is 297 g/mol. The Balaban J connectivity index is 2.52. The molecule has 0 saturated heterocycles. The molecule has 0 spiro atoms. The summed E-state index contributed by atoms with van der Waals surface area (Å²) >= 11 is 0. The first-order chi connectivity index (χ1) is 9.92. The van der Waals surface area contributed by atoms with E-state index in [9.17, 15) is 18.0 Å². The fourth-order valence-electron chi connectivity index (χ4n) is 1.76. The summed E-state index contributed by atoms with van der Waals surface area (Å²) in [7, 11) is 1.26. The van der Waals surface area contributed by atoms with Crippen molar-refractivity contribution in [2.45, 2.75) is 6.36 Å². The van der Waals surface area contributed by atoms with E-state index in [1.165, 1.54) is 43.8 Å². The van der Waals surface area contributed by atoms with Gasteiger partial charge in [0, 0.05) is 18.0 Å². The zero-order chi connectivity index (χ0) is 15.5. The Morgan fingerprint density at radius 1 is 1.14 bits per heavy atom. The molecule has 1 aromatic carbocycles. The number of benzene rings is 1. The van der Waals surface area contributed by atoms with Gasteiger partial charge in [0.15, 0.2) is 0 Å². The second-order valence-electron chi connectivity index (χ2n) is 3.95. The lowest BCUT2D eigenvalue weighted by atomic mass is 10.0. The third-order valence-corrected chi connectivity index (χ3v) is 2.58. The number of pyridine rings is 1. The third kappa shape index (κ3) is 3.50. The molecular weight excluding hydrogens is 287 g/mol. The molecule has 2 aromatic rings. The minimum Gasteiger partial charge on any atom is -0.496 e. The summed E-state index contributed by atoms with van der Waals surface area (Å²) in [6, 6.07) is 6.69. The van der Waals surface area contributed by atoms with E-state index in [2.05, 4.69) is 9.72 Å². The molecule has 0 atom stereocenters. The number of aromatic nitrogens is 1. The van der Waals surface area contributed by atoms with Crippen LogP contribution in [0.25, 0.3) is 0 Å². The minimum atomic E-state index is -4.91. The van der Waals surface area contributed by atoms with Crippen LogP contribution in [0.5, 0.6) is 11.5 Å². The first-order valence-corrected chi connectivity index (χ1v) is 5.80. The minimum absolute atomic E-state index is 0.00870. The summed E-state index contributed by atoms with van der Waals surface area (Å²) in [6.07, 6.45) is -2.20. The van der Waals surface area contributed by atoms with Crippen molar-refractivity contribution in [2.75, 3.05) is 7.11 Å². The quantitative estimate of drug-likeness (QED) is 0.813. The molecule has 2 rings (SSSR count). The van der Waals surface area contributed by atoms with Gasteiger partial charge < -0.3 is 9.47 Å². The number of ketones is 1. The van der Waals surface area contributed by atoms with Gasteiger partial charge in [0.2, 0.25) is 5.78 Å².